The second-order valence-electron chi connectivity index (χ2n) is 13.1. The van der Waals surface area contributed by atoms with E-state index in [1.54, 1.807) is 0 Å². The first-order valence-corrected chi connectivity index (χ1v) is 16.4. The number of aromatic nitrogens is 2. The van der Waals surface area contributed by atoms with Crippen molar-refractivity contribution in [3.05, 3.63) is 133 Å². The zero-order valence-electron chi connectivity index (χ0n) is 26.3. The molecule has 46 heavy (non-hydrogen) atoms. The molecule has 224 valence electrons. The van der Waals surface area contributed by atoms with E-state index in [1.807, 2.05) is 6.08 Å². The minimum atomic E-state index is 0.0552. The third-order valence-electron chi connectivity index (χ3n) is 10.3. The Morgan fingerprint density at radius 1 is 0.891 bits per heavy atom. The molecule has 4 heteroatoms. The Morgan fingerprint density at radius 2 is 1.67 bits per heavy atom. The zero-order valence-corrected chi connectivity index (χ0v) is 26.3. The SMILES string of the molecule is C=CC1=NC2CC(=C)[n+]3c(n(C(C)C)c4ccc5ccccc5c43)-c3c(ccc4c3oc3ccccc34)CCC2c2ccccc21. The van der Waals surface area contributed by atoms with Crippen molar-refractivity contribution in [2.45, 2.75) is 51.1 Å². The van der Waals surface area contributed by atoms with Gasteiger partial charge in [-0.3, -0.25) is 4.99 Å². The van der Waals surface area contributed by atoms with Crippen LogP contribution in [0, 0.1) is 0 Å². The molecule has 0 amide bonds. The summed E-state index contributed by atoms with van der Waals surface area (Å²) < 4.78 is 11.8. The fourth-order valence-electron chi connectivity index (χ4n) is 8.29. The molecular weight excluding hydrogens is 562 g/mol. The maximum Gasteiger partial charge on any atom is 0.299 e. The van der Waals surface area contributed by atoms with Gasteiger partial charge in [0.1, 0.15) is 16.8 Å². The highest BCUT2D eigenvalue weighted by Gasteiger charge is 2.39. The van der Waals surface area contributed by atoms with Crippen molar-refractivity contribution in [3.8, 4) is 11.4 Å². The van der Waals surface area contributed by atoms with Crippen LogP contribution in [0.3, 0.4) is 0 Å². The van der Waals surface area contributed by atoms with Crippen molar-refractivity contribution in [1.82, 2.24) is 4.57 Å². The average molecular weight is 599 g/mol. The second kappa shape index (κ2) is 10.1. The number of para-hydroxylation sites is 1. The first kappa shape index (κ1) is 27.1. The van der Waals surface area contributed by atoms with Crippen LogP contribution in [0.15, 0.2) is 126 Å². The molecule has 0 radical (unpaired) electrons. The molecule has 0 bridgehead atoms. The van der Waals surface area contributed by atoms with Gasteiger partial charge in [-0.25, -0.2) is 4.57 Å². The number of nitrogens with zero attached hydrogens (tertiary/aromatic N) is 3. The van der Waals surface area contributed by atoms with Gasteiger partial charge in [0, 0.05) is 34.1 Å². The Hall–Kier alpha value is -5.22. The lowest BCUT2D eigenvalue weighted by atomic mass is 9.78. The molecule has 2 atom stereocenters. The molecule has 0 N–H and O–H groups in total. The first-order chi connectivity index (χ1) is 22.5. The largest absolute Gasteiger partial charge is 0.455 e. The Bertz CT molecular complexity index is 2440. The normalized spacial score (nSPS) is 18.0. The predicted molar refractivity (Wildman–Crippen MR) is 191 cm³/mol. The first-order valence-electron chi connectivity index (χ1n) is 16.4. The number of hydrogen-bond acceptors (Lipinski definition) is 2. The molecule has 4 heterocycles. The lowest BCUT2D eigenvalue weighted by molar-refractivity contribution is -0.542. The molecule has 0 saturated carbocycles. The van der Waals surface area contributed by atoms with E-state index >= 15 is 0 Å². The number of aliphatic imine (C=N–C) groups is 1. The maximum atomic E-state index is 6.83. The van der Waals surface area contributed by atoms with Crippen LogP contribution in [0.4, 0.5) is 0 Å². The summed E-state index contributed by atoms with van der Waals surface area (Å²) in [5.74, 6) is 1.39. The molecule has 7 aromatic rings. The summed E-state index contributed by atoms with van der Waals surface area (Å²) >= 11 is 0. The number of furan rings is 1. The molecule has 0 fully saturated rings. The topological polar surface area (TPSA) is 34.3 Å². The molecule has 9 rings (SSSR count). The molecule has 4 nitrogen and oxygen atoms in total. The van der Waals surface area contributed by atoms with Crippen LogP contribution in [0.1, 0.15) is 55.3 Å². The average Bonchev–Trinajstić information content (AvgIpc) is 3.63. The minimum Gasteiger partial charge on any atom is -0.455 e. The fourth-order valence-corrected chi connectivity index (χ4v) is 8.29. The van der Waals surface area contributed by atoms with E-state index in [2.05, 4.69) is 127 Å². The number of fused-ring (bicyclic) bond motifs is 14. The predicted octanol–water partition coefficient (Wildman–Crippen LogP) is 10.2. The molecule has 0 saturated heterocycles. The van der Waals surface area contributed by atoms with Crippen molar-refractivity contribution >= 4 is 55.2 Å². The minimum absolute atomic E-state index is 0.0552. The van der Waals surface area contributed by atoms with Gasteiger partial charge in [-0.1, -0.05) is 86.0 Å². The molecular formula is C42H36N3O+. The molecule has 5 aromatic carbocycles. The third-order valence-corrected chi connectivity index (χ3v) is 10.3. The number of imidazole rings is 1. The van der Waals surface area contributed by atoms with Crippen LogP contribution in [-0.2, 0) is 6.42 Å². The molecule has 2 aliphatic heterocycles. The van der Waals surface area contributed by atoms with Crippen LogP contribution in [-0.4, -0.2) is 16.3 Å². The number of aryl methyl sites for hydroxylation is 1. The number of rotatable bonds is 2. The van der Waals surface area contributed by atoms with Crippen LogP contribution < -0.4 is 4.57 Å². The lowest BCUT2D eigenvalue weighted by Crippen LogP contribution is -2.38. The smallest absolute Gasteiger partial charge is 0.299 e. The van der Waals surface area contributed by atoms with Gasteiger partial charge in [-0.05, 0) is 73.5 Å². The van der Waals surface area contributed by atoms with Crippen molar-refractivity contribution in [3.63, 3.8) is 0 Å². The van der Waals surface area contributed by atoms with E-state index in [1.165, 1.54) is 44.1 Å². The van der Waals surface area contributed by atoms with E-state index < -0.39 is 0 Å². The van der Waals surface area contributed by atoms with Gasteiger partial charge in [-0.2, -0.15) is 4.57 Å². The van der Waals surface area contributed by atoms with Crippen LogP contribution in [0.2, 0.25) is 0 Å². The maximum absolute atomic E-state index is 6.83. The highest BCUT2D eigenvalue weighted by Crippen LogP contribution is 2.44. The van der Waals surface area contributed by atoms with Crippen molar-refractivity contribution in [1.29, 1.82) is 0 Å². The van der Waals surface area contributed by atoms with Crippen LogP contribution in [0.25, 0.3) is 60.8 Å². The fraction of sp³-hybridized carbons (Fsp3) is 0.190. The van der Waals surface area contributed by atoms with E-state index in [9.17, 15) is 0 Å². The number of benzene rings is 5. The molecule has 2 aromatic heterocycles. The summed E-state index contributed by atoms with van der Waals surface area (Å²) in [7, 11) is 0. The van der Waals surface area contributed by atoms with Gasteiger partial charge < -0.3 is 4.42 Å². The Balaban J connectivity index is 1.43. The van der Waals surface area contributed by atoms with Crippen LogP contribution in [0.5, 0.6) is 0 Å². The number of allylic oxidation sites excluding steroid dienone is 1. The highest BCUT2D eigenvalue weighted by atomic mass is 16.3. The number of hydrogen-bond donors (Lipinski definition) is 0. The molecule has 2 unspecified atom stereocenters. The summed E-state index contributed by atoms with van der Waals surface area (Å²) in [6.45, 7) is 13.6. The van der Waals surface area contributed by atoms with Gasteiger partial charge in [0.05, 0.1) is 17.8 Å². The summed E-state index contributed by atoms with van der Waals surface area (Å²) in [6, 6.07) is 35.3. The quantitative estimate of drug-likeness (QED) is 0.182. The molecule has 0 spiro atoms. The summed E-state index contributed by atoms with van der Waals surface area (Å²) in [5.41, 5.74) is 11.3. The van der Waals surface area contributed by atoms with Gasteiger partial charge >= 0.3 is 0 Å². The van der Waals surface area contributed by atoms with E-state index in [-0.39, 0.29) is 18.0 Å². The van der Waals surface area contributed by atoms with Crippen molar-refractivity contribution in [2.75, 3.05) is 0 Å². The molecule has 2 aliphatic rings. The summed E-state index contributed by atoms with van der Waals surface area (Å²) in [6.07, 6.45) is 4.54. The standard InChI is InChI=1S/C42H36N3O/c1-5-35-31-15-9-8-14-30(31)32-21-18-28-19-22-34-33-16-10-11-17-38(33)46-41(34)39(28)42-44(25(2)3)37-23-20-27-12-6-7-13-29(27)40(37)45(42)26(4)24-36(32)43-35/h5-17,19-20,22-23,25,32,36H,1,4,18,21,24H2,2-3H3/q+1. The van der Waals surface area contributed by atoms with Gasteiger partial charge in [0.2, 0.25) is 0 Å². The van der Waals surface area contributed by atoms with Crippen molar-refractivity contribution in [2.24, 2.45) is 4.99 Å². The van der Waals surface area contributed by atoms with E-state index in [4.69, 9.17) is 16.0 Å². The Kier molecular flexibility index (Phi) is 5.98. The van der Waals surface area contributed by atoms with E-state index in [0.717, 1.165) is 58.4 Å². The summed E-state index contributed by atoms with van der Waals surface area (Å²) in [5, 5.41) is 4.73. The third kappa shape index (κ3) is 3.79. The second-order valence-corrected chi connectivity index (χ2v) is 13.1. The summed E-state index contributed by atoms with van der Waals surface area (Å²) in [4.78, 5) is 5.38. The van der Waals surface area contributed by atoms with E-state index in [0.29, 0.717) is 0 Å². The van der Waals surface area contributed by atoms with Gasteiger partial charge in [0.15, 0.2) is 16.6 Å². The van der Waals surface area contributed by atoms with Gasteiger partial charge in [-0.15, -0.1) is 0 Å². The monoisotopic (exact) mass is 598 g/mol. The van der Waals surface area contributed by atoms with Crippen LogP contribution >= 0.6 is 0 Å². The van der Waals surface area contributed by atoms with Gasteiger partial charge in [0.25, 0.3) is 5.82 Å². The Labute approximate surface area is 268 Å². The van der Waals surface area contributed by atoms with Crippen molar-refractivity contribution < 1.29 is 8.98 Å². The Morgan fingerprint density at radius 3 is 2.52 bits per heavy atom. The zero-order chi connectivity index (χ0) is 31.1. The molecule has 0 aliphatic carbocycles. The highest BCUT2D eigenvalue weighted by molar-refractivity contribution is 6.11. The lowest BCUT2D eigenvalue weighted by Gasteiger charge is -2.32.